The number of nitrogens with two attached hydrogens (primary N) is 1. The van der Waals surface area contributed by atoms with Gasteiger partial charge in [-0.3, -0.25) is 4.79 Å². The van der Waals surface area contributed by atoms with E-state index in [-0.39, 0.29) is 11.9 Å². The summed E-state index contributed by atoms with van der Waals surface area (Å²) in [5.74, 6) is 0.833. The normalized spacial score (nSPS) is 19.2. The lowest BCUT2D eigenvalue weighted by molar-refractivity contribution is -0.121. The quantitative estimate of drug-likeness (QED) is 0.837. The van der Waals surface area contributed by atoms with Crippen molar-refractivity contribution in [3.05, 3.63) is 23.8 Å². The Hall–Kier alpha value is -1.75. The maximum absolute atomic E-state index is 11.8. The van der Waals surface area contributed by atoms with Crippen LogP contribution in [0.3, 0.4) is 0 Å². The van der Waals surface area contributed by atoms with Crippen molar-refractivity contribution in [1.82, 2.24) is 5.32 Å². The zero-order chi connectivity index (χ0) is 13.8. The van der Waals surface area contributed by atoms with E-state index in [1.54, 1.807) is 7.11 Å². The van der Waals surface area contributed by atoms with E-state index in [1.165, 1.54) is 0 Å². The number of carbonyl (C=O) groups excluding carboxylic acids is 1. The highest BCUT2D eigenvalue weighted by Crippen LogP contribution is 2.30. The summed E-state index contributed by atoms with van der Waals surface area (Å²) in [6.45, 7) is 3.73. The number of methoxy groups -OCH3 is 1. The smallest absolute Gasteiger partial charge is 0.239 e. The Bertz CT molecular complexity index is 462. The molecule has 2 rings (SSSR count). The lowest BCUT2D eigenvalue weighted by Crippen LogP contribution is -2.54. The molecule has 1 amide bonds. The number of benzene rings is 1. The molecular formula is C14H21N3O2. The van der Waals surface area contributed by atoms with Gasteiger partial charge in [0.15, 0.2) is 0 Å². The van der Waals surface area contributed by atoms with Crippen LogP contribution in [0.5, 0.6) is 5.75 Å². The van der Waals surface area contributed by atoms with Crippen LogP contribution in [0.1, 0.15) is 12.0 Å². The minimum absolute atomic E-state index is 0.0354. The van der Waals surface area contributed by atoms with Crippen LogP contribution in [-0.2, 0) is 4.79 Å². The summed E-state index contributed by atoms with van der Waals surface area (Å²) in [6, 6.07) is 6.10. The molecule has 1 atom stereocenters. The Morgan fingerprint density at radius 2 is 2.32 bits per heavy atom. The first kappa shape index (κ1) is 13.7. The fraction of sp³-hybridized carbons (Fsp3) is 0.500. The molecule has 1 unspecified atom stereocenters. The van der Waals surface area contributed by atoms with Crippen molar-refractivity contribution >= 4 is 11.6 Å². The van der Waals surface area contributed by atoms with Crippen molar-refractivity contribution in [2.75, 3.05) is 31.6 Å². The number of hydrogen-bond acceptors (Lipinski definition) is 4. The number of nitrogens with zero attached hydrogens (tertiary/aromatic N) is 1. The molecule has 1 aliphatic heterocycles. The molecule has 0 aromatic heterocycles. The Labute approximate surface area is 113 Å². The molecule has 5 heteroatoms. The number of aryl methyl sites for hydroxylation is 1. The summed E-state index contributed by atoms with van der Waals surface area (Å²) in [6.07, 6.45) is 0.788. The number of nitrogens with one attached hydrogen (secondary N) is 1. The third-order valence-electron chi connectivity index (χ3n) is 3.33. The van der Waals surface area contributed by atoms with Gasteiger partial charge in [0, 0.05) is 12.6 Å². The predicted molar refractivity (Wildman–Crippen MR) is 75.5 cm³/mol. The van der Waals surface area contributed by atoms with Gasteiger partial charge in [-0.15, -0.1) is 0 Å². The van der Waals surface area contributed by atoms with Gasteiger partial charge < -0.3 is 20.7 Å². The summed E-state index contributed by atoms with van der Waals surface area (Å²) in [7, 11) is 1.65. The molecule has 0 aliphatic carbocycles. The average molecular weight is 263 g/mol. The SMILES string of the molecule is COc1ccc(C)cc1N1CC(=O)NC(CCN)C1. The fourth-order valence-electron chi connectivity index (χ4n) is 2.42. The van der Waals surface area contributed by atoms with Crippen LogP contribution in [0.2, 0.25) is 0 Å². The van der Waals surface area contributed by atoms with E-state index in [0.29, 0.717) is 13.1 Å². The second-order valence-electron chi connectivity index (χ2n) is 4.90. The fourth-order valence-corrected chi connectivity index (χ4v) is 2.42. The Kier molecular flexibility index (Phi) is 4.27. The number of ether oxygens (including phenoxy) is 1. The number of anilines is 1. The van der Waals surface area contributed by atoms with Gasteiger partial charge in [-0.2, -0.15) is 0 Å². The van der Waals surface area contributed by atoms with Crippen molar-refractivity contribution in [3.8, 4) is 5.75 Å². The summed E-state index contributed by atoms with van der Waals surface area (Å²) in [5.41, 5.74) is 7.70. The molecule has 1 fully saturated rings. The van der Waals surface area contributed by atoms with Gasteiger partial charge in [0.05, 0.1) is 19.3 Å². The van der Waals surface area contributed by atoms with Gasteiger partial charge in [-0.05, 0) is 37.6 Å². The maximum atomic E-state index is 11.8. The predicted octanol–water partition coefficient (Wildman–Crippen LogP) is 0.657. The zero-order valence-corrected chi connectivity index (χ0v) is 11.5. The third-order valence-corrected chi connectivity index (χ3v) is 3.33. The van der Waals surface area contributed by atoms with Crippen molar-refractivity contribution < 1.29 is 9.53 Å². The highest BCUT2D eigenvalue weighted by Gasteiger charge is 2.25. The van der Waals surface area contributed by atoms with E-state index in [0.717, 1.165) is 30.0 Å². The first-order chi connectivity index (χ1) is 9.13. The molecule has 1 aromatic carbocycles. The highest BCUT2D eigenvalue weighted by molar-refractivity contribution is 5.84. The molecule has 1 aromatic rings. The first-order valence-corrected chi connectivity index (χ1v) is 6.53. The monoisotopic (exact) mass is 263 g/mol. The van der Waals surface area contributed by atoms with E-state index in [1.807, 2.05) is 19.1 Å². The van der Waals surface area contributed by atoms with E-state index < -0.39 is 0 Å². The van der Waals surface area contributed by atoms with Gasteiger partial charge >= 0.3 is 0 Å². The van der Waals surface area contributed by atoms with Gasteiger partial charge in [-0.1, -0.05) is 6.07 Å². The van der Waals surface area contributed by atoms with Crippen LogP contribution >= 0.6 is 0 Å². The number of piperazine rings is 1. The van der Waals surface area contributed by atoms with E-state index in [2.05, 4.69) is 16.3 Å². The van der Waals surface area contributed by atoms with Crippen molar-refractivity contribution in [2.45, 2.75) is 19.4 Å². The van der Waals surface area contributed by atoms with Gasteiger partial charge in [0.1, 0.15) is 5.75 Å². The van der Waals surface area contributed by atoms with E-state index in [9.17, 15) is 4.79 Å². The molecule has 104 valence electrons. The van der Waals surface area contributed by atoms with E-state index >= 15 is 0 Å². The second kappa shape index (κ2) is 5.93. The molecular weight excluding hydrogens is 242 g/mol. The lowest BCUT2D eigenvalue weighted by Gasteiger charge is -2.35. The molecule has 0 bridgehead atoms. The minimum Gasteiger partial charge on any atom is -0.495 e. The molecule has 1 heterocycles. The molecule has 5 nitrogen and oxygen atoms in total. The molecule has 1 aliphatic rings. The molecule has 19 heavy (non-hydrogen) atoms. The molecule has 0 saturated carbocycles. The van der Waals surface area contributed by atoms with Crippen LogP contribution in [0.15, 0.2) is 18.2 Å². The summed E-state index contributed by atoms with van der Waals surface area (Å²) in [4.78, 5) is 13.8. The maximum Gasteiger partial charge on any atom is 0.239 e. The van der Waals surface area contributed by atoms with Gasteiger partial charge in [-0.25, -0.2) is 0 Å². The Morgan fingerprint density at radius 1 is 1.53 bits per heavy atom. The van der Waals surface area contributed by atoms with Gasteiger partial charge in [0.2, 0.25) is 5.91 Å². The van der Waals surface area contributed by atoms with Crippen LogP contribution in [-0.4, -0.2) is 38.7 Å². The summed E-state index contributed by atoms with van der Waals surface area (Å²) < 4.78 is 5.39. The topological polar surface area (TPSA) is 67.6 Å². The number of carbonyl (C=O) groups is 1. The van der Waals surface area contributed by atoms with Crippen LogP contribution in [0.4, 0.5) is 5.69 Å². The lowest BCUT2D eigenvalue weighted by atomic mass is 10.1. The highest BCUT2D eigenvalue weighted by atomic mass is 16.5. The third kappa shape index (κ3) is 3.17. The largest absolute Gasteiger partial charge is 0.495 e. The second-order valence-corrected chi connectivity index (χ2v) is 4.90. The van der Waals surface area contributed by atoms with Crippen LogP contribution in [0.25, 0.3) is 0 Å². The summed E-state index contributed by atoms with van der Waals surface area (Å²) in [5, 5.41) is 2.97. The Morgan fingerprint density at radius 3 is 3.00 bits per heavy atom. The summed E-state index contributed by atoms with van der Waals surface area (Å²) >= 11 is 0. The van der Waals surface area contributed by atoms with Crippen LogP contribution < -0.4 is 20.7 Å². The first-order valence-electron chi connectivity index (χ1n) is 6.53. The number of amides is 1. The van der Waals surface area contributed by atoms with Crippen molar-refractivity contribution in [1.29, 1.82) is 0 Å². The van der Waals surface area contributed by atoms with Crippen LogP contribution in [0, 0.1) is 6.92 Å². The molecule has 1 saturated heterocycles. The molecule has 3 N–H and O–H groups in total. The standard InChI is InChI=1S/C14H21N3O2/c1-10-3-4-13(19-2)12(7-10)17-8-11(5-6-15)16-14(18)9-17/h3-4,7,11H,5-6,8-9,15H2,1-2H3,(H,16,18). The minimum atomic E-state index is 0.0354. The number of hydrogen-bond donors (Lipinski definition) is 2. The molecule has 0 spiro atoms. The molecule has 0 radical (unpaired) electrons. The number of rotatable bonds is 4. The zero-order valence-electron chi connectivity index (χ0n) is 11.5. The average Bonchev–Trinajstić information content (AvgIpc) is 2.38. The van der Waals surface area contributed by atoms with E-state index in [4.69, 9.17) is 10.5 Å². The Balaban J connectivity index is 2.24. The van der Waals surface area contributed by atoms with Gasteiger partial charge in [0.25, 0.3) is 0 Å². The van der Waals surface area contributed by atoms with Crippen molar-refractivity contribution in [3.63, 3.8) is 0 Å². The van der Waals surface area contributed by atoms with Crippen molar-refractivity contribution in [2.24, 2.45) is 5.73 Å².